The van der Waals surface area contributed by atoms with Gasteiger partial charge in [-0.15, -0.1) is 0 Å². The number of sulfonamides is 1. The molecule has 0 bridgehead atoms. The molecule has 0 saturated carbocycles. The van der Waals surface area contributed by atoms with Crippen LogP contribution in [0, 0.1) is 6.92 Å². The van der Waals surface area contributed by atoms with E-state index in [1.165, 1.54) is 0 Å². The van der Waals surface area contributed by atoms with Crippen LogP contribution in [-0.4, -0.2) is 20.6 Å². The van der Waals surface area contributed by atoms with Gasteiger partial charge in [0.15, 0.2) is 0 Å². The second kappa shape index (κ2) is 6.36. The number of hydrogen-bond acceptors (Lipinski definition) is 3. The fourth-order valence-electron chi connectivity index (χ4n) is 2.16. The average molecular weight is 313 g/mol. The minimum atomic E-state index is -3.54. The fourth-order valence-corrected chi connectivity index (χ4v) is 3.84. The Kier molecular flexibility index (Phi) is 5.45. The summed E-state index contributed by atoms with van der Waals surface area (Å²) in [7, 11) is -3.54. The number of hydrogen-bond donors (Lipinski definition) is 1. The Labute approximate surface area is 129 Å². The third-order valence-corrected chi connectivity index (χ3v) is 4.86. The van der Waals surface area contributed by atoms with Crippen LogP contribution in [0.4, 0.5) is 0 Å². The first kappa shape index (κ1) is 18.0. The smallest absolute Gasteiger partial charge is 0.241 e. The van der Waals surface area contributed by atoms with E-state index in [1.807, 2.05) is 47.6 Å². The highest BCUT2D eigenvalue weighted by Crippen LogP contribution is 2.32. The lowest BCUT2D eigenvalue weighted by Crippen LogP contribution is -2.40. The van der Waals surface area contributed by atoms with Crippen molar-refractivity contribution in [3.63, 3.8) is 0 Å². The Morgan fingerprint density at radius 2 is 1.81 bits per heavy atom. The molecule has 0 aliphatic rings. The summed E-state index contributed by atoms with van der Waals surface area (Å²) >= 11 is 0. The van der Waals surface area contributed by atoms with Gasteiger partial charge < -0.3 is 4.74 Å². The Morgan fingerprint density at radius 3 is 2.24 bits per heavy atom. The molecule has 1 aromatic rings. The van der Waals surface area contributed by atoms with E-state index in [0.717, 1.165) is 11.3 Å². The van der Waals surface area contributed by atoms with Crippen molar-refractivity contribution in [2.45, 2.75) is 64.8 Å². The zero-order chi connectivity index (χ0) is 16.4. The van der Waals surface area contributed by atoms with Gasteiger partial charge in [0, 0.05) is 5.54 Å². The van der Waals surface area contributed by atoms with Gasteiger partial charge in [0.25, 0.3) is 0 Å². The van der Waals surface area contributed by atoms with Crippen molar-refractivity contribution in [1.82, 2.24) is 4.72 Å². The molecule has 4 nitrogen and oxygen atoms in total. The maximum absolute atomic E-state index is 12.6. The average Bonchev–Trinajstić information content (AvgIpc) is 2.25. The van der Waals surface area contributed by atoms with Crippen molar-refractivity contribution in [2.24, 2.45) is 0 Å². The molecule has 0 unspecified atom stereocenters. The molecule has 0 spiro atoms. The Balaban J connectivity index is 3.41. The second-order valence-electron chi connectivity index (χ2n) is 6.60. The van der Waals surface area contributed by atoms with Gasteiger partial charge in [0.1, 0.15) is 5.75 Å². The van der Waals surface area contributed by atoms with Crippen LogP contribution in [-0.2, 0) is 10.0 Å². The quantitative estimate of drug-likeness (QED) is 0.903. The molecule has 0 amide bonds. The molecule has 0 heterocycles. The topological polar surface area (TPSA) is 55.4 Å². The first-order valence-corrected chi connectivity index (χ1v) is 8.77. The molecule has 1 rings (SSSR count). The molecular formula is C16H27NO3S. The number of benzene rings is 1. The molecule has 0 aliphatic carbocycles. The second-order valence-corrected chi connectivity index (χ2v) is 8.25. The Bertz CT molecular complexity index is 599. The van der Waals surface area contributed by atoms with Crippen molar-refractivity contribution in [2.75, 3.05) is 6.61 Å². The number of nitrogens with one attached hydrogen (secondary N) is 1. The highest BCUT2D eigenvalue weighted by Gasteiger charge is 2.25. The molecule has 0 radical (unpaired) electrons. The first-order valence-electron chi connectivity index (χ1n) is 7.29. The van der Waals surface area contributed by atoms with Crippen LogP contribution in [0.2, 0.25) is 0 Å². The van der Waals surface area contributed by atoms with Crippen LogP contribution < -0.4 is 9.46 Å². The van der Waals surface area contributed by atoms with Gasteiger partial charge in [-0.1, -0.05) is 13.8 Å². The third kappa shape index (κ3) is 4.71. The number of aryl methyl sites for hydroxylation is 1. The molecule has 0 aliphatic heterocycles. The molecule has 1 aromatic carbocycles. The molecule has 0 aromatic heterocycles. The molecule has 5 heteroatoms. The fraction of sp³-hybridized carbons (Fsp3) is 0.625. The summed E-state index contributed by atoms with van der Waals surface area (Å²) in [5, 5.41) is 0. The van der Waals surface area contributed by atoms with Gasteiger partial charge in [0.05, 0.1) is 11.5 Å². The van der Waals surface area contributed by atoms with Gasteiger partial charge in [-0.3, -0.25) is 0 Å². The van der Waals surface area contributed by atoms with E-state index in [-0.39, 0.29) is 5.92 Å². The van der Waals surface area contributed by atoms with E-state index in [2.05, 4.69) is 4.72 Å². The summed E-state index contributed by atoms with van der Waals surface area (Å²) in [4.78, 5) is 0.324. The van der Waals surface area contributed by atoms with Crippen LogP contribution in [0.1, 0.15) is 58.6 Å². The van der Waals surface area contributed by atoms with Crippen molar-refractivity contribution in [3.05, 3.63) is 23.3 Å². The molecule has 21 heavy (non-hydrogen) atoms. The predicted octanol–water partition coefficient (Wildman–Crippen LogP) is 3.59. The lowest BCUT2D eigenvalue weighted by atomic mass is 10.0. The summed E-state index contributed by atoms with van der Waals surface area (Å²) in [6.07, 6.45) is 0. The Hall–Kier alpha value is -1.07. The van der Waals surface area contributed by atoms with Crippen molar-refractivity contribution in [1.29, 1.82) is 0 Å². The minimum absolute atomic E-state index is 0.190. The van der Waals surface area contributed by atoms with E-state index in [9.17, 15) is 8.42 Å². The molecule has 0 fully saturated rings. The molecule has 0 atom stereocenters. The van der Waals surface area contributed by atoms with Gasteiger partial charge in [-0.2, -0.15) is 0 Å². The van der Waals surface area contributed by atoms with Crippen LogP contribution in [0.25, 0.3) is 0 Å². The maximum Gasteiger partial charge on any atom is 0.241 e. The molecule has 0 saturated heterocycles. The van der Waals surface area contributed by atoms with Gasteiger partial charge in [-0.05, 0) is 63.8 Å². The lowest BCUT2D eigenvalue weighted by molar-refractivity contribution is 0.334. The van der Waals surface area contributed by atoms with E-state index in [1.54, 1.807) is 13.0 Å². The van der Waals surface area contributed by atoms with E-state index < -0.39 is 15.6 Å². The first-order chi connectivity index (χ1) is 9.48. The summed E-state index contributed by atoms with van der Waals surface area (Å²) in [5.74, 6) is 0.954. The lowest BCUT2D eigenvalue weighted by Gasteiger charge is -2.22. The molecule has 1 N–H and O–H groups in total. The third-order valence-electron chi connectivity index (χ3n) is 2.96. The zero-order valence-corrected chi connectivity index (χ0v) is 14.9. The van der Waals surface area contributed by atoms with Crippen LogP contribution >= 0.6 is 0 Å². The van der Waals surface area contributed by atoms with Gasteiger partial charge in [-0.25, -0.2) is 13.1 Å². The van der Waals surface area contributed by atoms with E-state index in [0.29, 0.717) is 17.1 Å². The van der Waals surface area contributed by atoms with Crippen LogP contribution in [0.5, 0.6) is 5.75 Å². The van der Waals surface area contributed by atoms with Crippen molar-refractivity contribution in [3.8, 4) is 5.75 Å². The van der Waals surface area contributed by atoms with E-state index in [4.69, 9.17) is 4.74 Å². The standard InChI is InChI=1S/C16H27NO3S/c1-8-20-14-9-12(4)15(10-13(14)11(2)3)21(18,19)17-16(5,6)7/h9-11,17H,8H2,1-7H3. The van der Waals surface area contributed by atoms with E-state index >= 15 is 0 Å². The molecular weight excluding hydrogens is 286 g/mol. The van der Waals surface area contributed by atoms with Crippen LogP contribution in [0.3, 0.4) is 0 Å². The number of rotatable bonds is 5. The largest absolute Gasteiger partial charge is 0.494 e. The monoisotopic (exact) mass is 313 g/mol. The van der Waals surface area contributed by atoms with Gasteiger partial charge in [0.2, 0.25) is 10.0 Å². The zero-order valence-electron chi connectivity index (χ0n) is 14.1. The predicted molar refractivity (Wildman–Crippen MR) is 86.5 cm³/mol. The summed E-state index contributed by atoms with van der Waals surface area (Å²) in [5.41, 5.74) is 1.10. The normalized spacial score (nSPS) is 12.8. The maximum atomic E-state index is 12.6. The van der Waals surface area contributed by atoms with Crippen molar-refractivity contribution < 1.29 is 13.2 Å². The highest BCUT2D eigenvalue weighted by atomic mass is 32.2. The SMILES string of the molecule is CCOc1cc(C)c(S(=O)(=O)NC(C)(C)C)cc1C(C)C. The van der Waals surface area contributed by atoms with Crippen molar-refractivity contribution >= 4 is 10.0 Å². The summed E-state index contributed by atoms with van der Waals surface area (Å²) in [6.45, 7) is 13.8. The summed E-state index contributed by atoms with van der Waals surface area (Å²) < 4.78 is 33.5. The van der Waals surface area contributed by atoms with Gasteiger partial charge >= 0.3 is 0 Å². The van der Waals surface area contributed by atoms with Crippen LogP contribution in [0.15, 0.2) is 17.0 Å². The Morgan fingerprint density at radius 1 is 1.24 bits per heavy atom. The number of ether oxygens (including phenoxy) is 1. The highest BCUT2D eigenvalue weighted by molar-refractivity contribution is 7.89. The summed E-state index contributed by atoms with van der Waals surface area (Å²) in [6, 6.07) is 3.55. The minimum Gasteiger partial charge on any atom is -0.494 e. The molecule has 120 valence electrons.